The van der Waals surface area contributed by atoms with Crippen LogP contribution in [0.1, 0.15) is 51.4 Å². The highest BCUT2D eigenvalue weighted by atomic mass is 16.2. The Morgan fingerprint density at radius 2 is 1.63 bits per heavy atom. The molecule has 3 N–H and O–H groups in total. The summed E-state index contributed by atoms with van der Waals surface area (Å²) in [5.74, 6) is -0.328. The van der Waals surface area contributed by atoms with E-state index in [0.717, 1.165) is 44.6 Å². The smallest absolute Gasteiger partial charge is 0.238 e. The van der Waals surface area contributed by atoms with E-state index in [2.05, 4.69) is 27.2 Å². The zero-order chi connectivity index (χ0) is 19.1. The van der Waals surface area contributed by atoms with Gasteiger partial charge >= 0.3 is 0 Å². The van der Waals surface area contributed by atoms with Gasteiger partial charge in [0.1, 0.15) is 0 Å². The predicted octanol–water partition coefficient (Wildman–Crippen LogP) is 2.74. The molecule has 2 amide bonds. The number of nitrogens with zero attached hydrogens (tertiary/aromatic N) is 2. The largest absolute Gasteiger partial charge is 0.372 e. The van der Waals surface area contributed by atoms with E-state index >= 15 is 0 Å². The lowest BCUT2D eigenvalue weighted by Gasteiger charge is -2.34. The van der Waals surface area contributed by atoms with Crippen LogP contribution in [0, 0.1) is 0 Å². The summed E-state index contributed by atoms with van der Waals surface area (Å²) in [5.41, 5.74) is 7.41. The van der Waals surface area contributed by atoms with Crippen molar-refractivity contribution >= 4 is 23.2 Å². The lowest BCUT2D eigenvalue weighted by Crippen LogP contribution is -2.45. The van der Waals surface area contributed by atoms with E-state index in [9.17, 15) is 9.59 Å². The van der Waals surface area contributed by atoms with Gasteiger partial charge in [0, 0.05) is 36.9 Å². The topological polar surface area (TPSA) is 78.7 Å². The molecule has 2 fully saturated rings. The van der Waals surface area contributed by atoms with Crippen molar-refractivity contribution in [1.29, 1.82) is 0 Å². The number of piperidine rings is 1. The number of hydrogen-bond donors (Lipinski definition) is 2. The van der Waals surface area contributed by atoms with Crippen molar-refractivity contribution in [3.8, 4) is 0 Å². The Morgan fingerprint density at radius 3 is 2.30 bits per heavy atom. The fourth-order valence-corrected chi connectivity index (χ4v) is 4.20. The summed E-state index contributed by atoms with van der Waals surface area (Å²) < 4.78 is 0. The van der Waals surface area contributed by atoms with Crippen LogP contribution >= 0.6 is 0 Å². The number of carbonyl (C=O) groups excluding carboxylic acids is 2. The average molecular weight is 373 g/mol. The molecule has 0 bridgehead atoms. The van der Waals surface area contributed by atoms with Gasteiger partial charge in [-0.05, 0) is 56.5 Å². The highest BCUT2D eigenvalue weighted by Gasteiger charge is 2.25. The van der Waals surface area contributed by atoms with Crippen LogP contribution in [-0.4, -0.2) is 48.9 Å². The van der Waals surface area contributed by atoms with E-state index < -0.39 is 0 Å². The standard InChI is InChI=1S/C21H32N4O2/c22-20(26)15-19-7-3-6-14-25(19)16-21(27)23-17-8-10-18(11-9-17)24-12-4-1-2-5-13-24/h8-11,19H,1-7,12-16H2,(H2,22,26)(H,23,27). The van der Waals surface area contributed by atoms with E-state index in [0.29, 0.717) is 13.0 Å². The number of nitrogens with one attached hydrogen (secondary N) is 1. The molecule has 148 valence electrons. The van der Waals surface area contributed by atoms with Gasteiger partial charge in [-0.15, -0.1) is 0 Å². The molecule has 0 saturated carbocycles. The molecule has 0 aliphatic carbocycles. The third-order valence-electron chi connectivity index (χ3n) is 5.65. The highest BCUT2D eigenvalue weighted by molar-refractivity contribution is 5.92. The first-order valence-electron chi connectivity index (χ1n) is 10.3. The molecule has 2 heterocycles. The quantitative estimate of drug-likeness (QED) is 0.805. The number of likely N-dealkylation sites (tertiary alicyclic amines) is 1. The Labute approximate surface area is 162 Å². The summed E-state index contributed by atoms with van der Waals surface area (Å²) in [6.45, 7) is 3.38. The molecular formula is C21H32N4O2. The first kappa shape index (κ1) is 19.7. The third-order valence-corrected chi connectivity index (χ3v) is 5.65. The van der Waals surface area contributed by atoms with Gasteiger partial charge in [-0.2, -0.15) is 0 Å². The van der Waals surface area contributed by atoms with Crippen LogP contribution in [0.2, 0.25) is 0 Å². The number of nitrogens with two attached hydrogens (primary N) is 1. The zero-order valence-corrected chi connectivity index (χ0v) is 16.2. The Morgan fingerprint density at radius 1 is 0.963 bits per heavy atom. The lowest BCUT2D eigenvalue weighted by molar-refractivity contribution is -0.122. The molecule has 1 aromatic carbocycles. The van der Waals surface area contributed by atoms with Crippen LogP contribution in [0.25, 0.3) is 0 Å². The van der Waals surface area contributed by atoms with E-state index in [1.54, 1.807) is 0 Å². The second-order valence-corrected chi connectivity index (χ2v) is 7.79. The number of primary amides is 1. The van der Waals surface area contributed by atoms with Gasteiger partial charge in [-0.25, -0.2) is 0 Å². The number of amides is 2. The maximum Gasteiger partial charge on any atom is 0.238 e. The first-order chi connectivity index (χ1) is 13.1. The molecule has 6 heteroatoms. The second-order valence-electron chi connectivity index (χ2n) is 7.79. The van der Waals surface area contributed by atoms with Crippen molar-refractivity contribution in [2.75, 3.05) is 36.4 Å². The van der Waals surface area contributed by atoms with Crippen LogP contribution in [0.3, 0.4) is 0 Å². The molecule has 27 heavy (non-hydrogen) atoms. The molecular weight excluding hydrogens is 340 g/mol. The van der Waals surface area contributed by atoms with E-state index in [4.69, 9.17) is 5.73 Å². The maximum atomic E-state index is 12.5. The SMILES string of the molecule is NC(=O)CC1CCCCN1CC(=O)Nc1ccc(N2CCCCCC2)cc1. The molecule has 1 unspecified atom stereocenters. The van der Waals surface area contributed by atoms with Crippen LogP contribution in [0.15, 0.2) is 24.3 Å². The van der Waals surface area contributed by atoms with Gasteiger partial charge in [0.2, 0.25) is 11.8 Å². The summed E-state index contributed by atoms with van der Waals surface area (Å²) >= 11 is 0. The summed E-state index contributed by atoms with van der Waals surface area (Å²) in [7, 11) is 0. The van der Waals surface area contributed by atoms with Crippen LogP contribution < -0.4 is 16.0 Å². The normalized spacial score (nSPS) is 21.5. The second kappa shape index (κ2) is 9.74. The van der Waals surface area contributed by atoms with Crippen LogP contribution in [-0.2, 0) is 9.59 Å². The van der Waals surface area contributed by atoms with E-state index in [1.165, 1.54) is 31.4 Å². The predicted molar refractivity (Wildman–Crippen MR) is 109 cm³/mol. The van der Waals surface area contributed by atoms with Gasteiger partial charge < -0.3 is 16.0 Å². The van der Waals surface area contributed by atoms with Crippen molar-refractivity contribution < 1.29 is 9.59 Å². The lowest BCUT2D eigenvalue weighted by atomic mass is 9.99. The molecule has 1 atom stereocenters. The Bertz CT molecular complexity index is 624. The van der Waals surface area contributed by atoms with Gasteiger partial charge in [0.05, 0.1) is 6.54 Å². The minimum absolute atomic E-state index is 0.0334. The van der Waals surface area contributed by atoms with Gasteiger partial charge in [-0.3, -0.25) is 14.5 Å². The van der Waals surface area contributed by atoms with Gasteiger partial charge in [0.25, 0.3) is 0 Å². The van der Waals surface area contributed by atoms with Crippen LogP contribution in [0.5, 0.6) is 0 Å². The molecule has 2 saturated heterocycles. The van der Waals surface area contributed by atoms with E-state index in [-0.39, 0.29) is 17.9 Å². The maximum absolute atomic E-state index is 12.5. The Balaban J connectivity index is 1.53. The minimum Gasteiger partial charge on any atom is -0.372 e. The van der Waals surface area contributed by atoms with Crippen molar-refractivity contribution in [1.82, 2.24) is 4.90 Å². The molecule has 0 radical (unpaired) electrons. The van der Waals surface area contributed by atoms with Crippen molar-refractivity contribution in [3.05, 3.63) is 24.3 Å². The first-order valence-corrected chi connectivity index (χ1v) is 10.3. The fraction of sp³-hybridized carbons (Fsp3) is 0.619. The zero-order valence-electron chi connectivity index (χ0n) is 16.2. The Kier molecular flexibility index (Phi) is 7.10. The number of anilines is 2. The summed E-state index contributed by atoms with van der Waals surface area (Å²) in [4.78, 5) is 28.3. The summed E-state index contributed by atoms with van der Waals surface area (Å²) in [6.07, 6.45) is 8.55. The summed E-state index contributed by atoms with van der Waals surface area (Å²) in [5, 5.41) is 2.99. The number of benzene rings is 1. The molecule has 0 aromatic heterocycles. The highest BCUT2D eigenvalue weighted by Crippen LogP contribution is 2.22. The average Bonchev–Trinajstić information content (AvgIpc) is 2.93. The molecule has 0 spiro atoms. The minimum atomic E-state index is -0.295. The monoisotopic (exact) mass is 372 g/mol. The van der Waals surface area contributed by atoms with Crippen molar-refractivity contribution in [2.24, 2.45) is 5.73 Å². The Hall–Kier alpha value is -2.08. The molecule has 2 aliphatic heterocycles. The van der Waals surface area contributed by atoms with Gasteiger partial charge in [0.15, 0.2) is 0 Å². The molecule has 2 aliphatic rings. The molecule has 6 nitrogen and oxygen atoms in total. The molecule has 1 aromatic rings. The van der Waals surface area contributed by atoms with E-state index in [1.807, 2.05) is 12.1 Å². The third kappa shape index (κ3) is 5.96. The van der Waals surface area contributed by atoms with Gasteiger partial charge in [-0.1, -0.05) is 19.3 Å². The van der Waals surface area contributed by atoms with Crippen LogP contribution in [0.4, 0.5) is 11.4 Å². The number of carbonyl (C=O) groups is 2. The summed E-state index contributed by atoms with van der Waals surface area (Å²) in [6, 6.07) is 8.24. The van der Waals surface area contributed by atoms with Crippen molar-refractivity contribution in [2.45, 2.75) is 57.4 Å². The number of rotatable bonds is 6. The molecule has 3 rings (SSSR count). The number of hydrogen-bond acceptors (Lipinski definition) is 4. The van der Waals surface area contributed by atoms with Crippen molar-refractivity contribution in [3.63, 3.8) is 0 Å². The fourth-order valence-electron chi connectivity index (χ4n) is 4.20.